The number of pyridine rings is 1. The van der Waals surface area contributed by atoms with Gasteiger partial charge in [0, 0.05) is 37.9 Å². The van der Waals surface area contributed by atoms with E-state index in [1.807, 2.05) is 23.1 Å². The van der Waals surface area contributed by atoms with Crippen LogP contribution in [-0.4, -0.2) is 41.5 Å². The first-order valence-corrected chi connectivity index (χ1v) is 6.52. The highest BCUT2D eigenvalue weighted by Gasteiger charge is 2.14. The number of carbonyl (C=O) groups excluding carboxylic acids is 1. The summed E-state index contributed by atoms with van der Waals surface area (Å²) < 4.78 is 0. The lowest BCUT2D eigenvalue weighted by Crippen LogP contribution is -2.37. The molecule has 1 aromatic rings. The van der Waals surface area contributed by atoms with Crippen molar-refractivity contribution in [1.29, 1.82) is 0 Å². The maximum absolute atomic E-state index is 11.6. The van der Waals surface area contributed by atoms with Gasteiger partial charge in [0.2, 0.25) is 5.96 Å². The van der Waals surface area contributed by atoms with Gasteiger partial charge in [0.05, 0.1) is 0 Å². The van der Waals surface area contributed by atoms with Crippen molar-refractivity contribution in [1.82, 2.24) is 15.2 Å². The Morgan fingerprint density at radius 2 is 2.21 bits per heavy atom. The Kier molecular flexibility index (Phi) is 4.72. The lowest BCUT2D eigenvalue weighted by molar-refractivity contribution is 0.249. The van der Waals surface area contributed by atoms with E-state index in [2.05, 4.69) is 15.3 Å². The number of nitrogens with zero attached hydrogens (tertiary/aromatic N) is 3. The third-order valence-corrected chi connectivity index (χ3v) is 3.03. The molecule has 0 aliphatic carbocycles. The summed E-state index contributed by atoms with van der Waals surface area (Å²) in [5.41, 5.74) is 6.71. The maximum Gasteiger partial charge on any atom is 0.344 e. The number of aliphatic imine (C=N–C) groups is 1. The summed E-state index contributed by atoms with van der Waals surface area (Å²) in [7, 11) is 0. The lowest BCUT2D eigenvalue weighted by atomic mass is 10.3. The number of nitrogens with one attached hydrogen (secondary N) is 1. The summed E-state index contributed by atoms with van der Waals surface area (Å²) in [6.07, 6.45) is 4.64. The van der Waals surface area contributed by atoms with Crippen molar-refractivity contribution in [3.05, 3.63) is 30.1 Å². The molecule has 0 radical (unpaired) electrons. The normalized spacial score (nSPS) is 15.6. The molecule has 1 aromatic heterocycles. The van der Waals surface area contributed by atoms with Crippen molar-refractivity contribution in [2.45, 2.75) is 19.3 Å². The van der Waals surface area contributed by atoms with Gasteiger partial charge in [-0.15, -0.1) is 0 Å². The van der Waals surface area contributed by atoms with Crippen LogP contribution in [0.1, 0.15) is 18.5 Å². The summed E-state index contributed by atoms with van der Waals surface area (Å²) in [6, 6.07) is 5.32. The van der Waals surface area contributed by atoms with Crippen molar-refractivity contribution < 1.29 is 4.79 Å². The van der Waals surface area contributed by atoms with Gasteiger partial charge in [-0.25, -0.2) is 4.79 Å². The number of nitrogens with two attached hydrogens (primary N) is 1. The van der Waals surface area contributed by atoms with Gasteiger partial charge in [0.1, 0.15) is 0 Å². The number of rotatable bonds is 3. The van der Waals surface area contributed by atoms with E-state index in [4.69, 9.17) is 5.73 Å². The minimum atomic E-state index is -0.389. The van der Waals surface area contributed by atoms with Crippen molar-refractivity contribution in [2.75, 3.05) is 19.6 Å². The third-order valence-electron chi connectivity index (χ3n) is 3.03. The van der Waals surface area contributed by atoms with Gasteiger partial charge in [-0.2, -0.15) is 4.99 Å². The molecule has 0 bridgehead atoms. The van der Waals surface area contributed by atoms with Crippen LogP contribution in [0.2, 0.25) is 0 Å². The Labute approximate surface area is 112 Å². The predicted molar refractivity (Wildman–Crippen MR) is 73.8 cm³/mol. The summed E-state index contributed by atoms with van der Waals surface area (Å²) in [5, 5.41) is 2.71. The van der Waals surface area contributed by atoms with E-state index in [1.165, 1.54) is 0 Å². The Morgan fingerprint density at radius 1 is 1.42 bits per heavy atom. The van der Waals surface area contributed by atoms with Crippen LogP contribution in [0.4, 0.5) is 4.79 Å². The second-order valence-electron chi connectivity index (χ2n) is 4.47. The first kappa shape index (κ1) is 13.3. The van der Waals surface area contributed by atoms with E-state index in [0.717, 1.165) is 31.6 Å². The van der Waals surface area contributed by atoms with Crippen molar-refractivity contribution >= 4 is 12.0 Å². The first-order valence-electron chi connectivity index (χ1n) is 6.52. The van der Waals surface area contributed by atoms with Crippen LogP contribution < -0.4 is 11.1 Å². The first-order chi connectivity index (χ1) is 9.25. The molecule has 1 aliphatic rings. The van der Waals surface area contributed by atoms with Gasteiger partial charge in [0.15, 0.2) is 0 Å². The zero-order valence-corrected chi connectivity index (χ0v) is 10.9. The SMILES string of the molecule is NC(=NC(=O)NCCc1ccccn1)N1CCCC1. The fourth-order valence-electron chi connectivity index (χ4n) is 2.00. The fourth-order valence-corrected chi connectivity index (χ4v) is 2.00. The van der Waals surface area contributed by atoms with Gasteiger partial charge in [-0.3, -0.25) is 4.98 Å². The second-order valence-corrected chi connectivity index (χ2v) is 4.47. The van der Waals surface area contributed by atoms with Crippen molar-refractivity contribution in [3.8, 4) is 0 Å². The highest BCUT2D eigenvalue weighted by atomic mass is 16.2. The molecule has 6 nitrogen and oxygen atoms in total. The zero-order valence-electron chi connectivity index (χ0n) is 10.9. The summed E-state index contributed by atoms with van der Waals surface area (Å²) in [4.78, 5) is 21.5. The Balaban J connectivity index is 1.73. The number of guanidine groups is 1. The summed E-state index contributed by atoms with van der Waals surface area (Å²) >= 11 is 0. The number of likely N-dealkylation sites (tertiary alicyclic amines) is 1. The number of hydrogen-bond acceptors (Lipinski definition) is 2. The standard InChI is InChI=1S/C13H19N5O/c14-12(18-9-3-4-10-18)17-13(19)16-8-6-11-5-1-2-7-15-11/h1-2,5,7H,3-4,6,8-10H2,(H3,14,16,17,19). The average Bonchev–Trinajstić information content (AvgIpc) is 2.94. The number of urea groups is 1. The monoisotopic (exact) mass is 261 g/mol. The predicted octanol–water partition coefficient (Wildman–Crippen LogP) is 0.744. The summed E-state index contributed by atoms with van der Waals surface area (Å²) in [5.74, 6) is 0.313. The fraction of sp³-hybridized carbons (Fsp3) is 0.462. The van der Waals surface area contributed by atoms with Crippen LogP contribution in [0.5, 0.6) is 0 Å². The maximum atomic E-state index is 11.6. The van der Waals surface area contributed by atoms with E-state index in [9.17, 15) is 4.79 Å². The number of amides is 2. The van der Waals surface area contributed by atoms with Crippen LogP contribution >= 0.6 is 0 Å². The van der Waals surface area contributed by atoms with E-state index >= 15 is 0 Å². The summed E-state index contributed by atoms with van der Waals surface area (Å²) in [6.45, 7) is 2.28. The lowest BCUT2D eigenvalue weighted by Gasteiger charge is -2.15. The van der Waals surface area contributed by atoms with E-state index in [-0.39, 0.29) is 6.03 Å². The zero-order chi connectivity index (χ0) is 13.5. The van der Waals surface area contributed by atoms with Crippen LogP contribution in [0.25, 0.3) is 0 Å². The molecule has 102 valence electrons. The van der Waals surface area contributed by atoms with E-state index in [0.29, 0.717) is 18.9 Å². The number of carbonyl (C=O) groups is 1. The molecule has 1 saturated heterocycles. The van der Waals surface area contributed by atoms with E-state index < -0.39 is 0 Å². The van der Waals surface area contributed by atoms with Gasteiger partial charge in [0.25, 0.3) is 0 Å². The molecule has 0 atom stereocenters. The molecule has 2 heterocycles. The third kappa shape index (κ3) is 4.24. The highest BCUT2D eigenvalue weighted by molar-refractivity contribution is 5.91. The minimum Gasteiger partial charge on any atom is -0.369 e. The molecule has 0 unspecified atom stereocenters. The molecule has 0 aromatic carbocycles. The number of aromatic nitrogens is 1. The molecule has 3 N–H and O–H groups in total. The molecule has 19 heavy (non-hydrogen) atoms. The van der Waals surface area contributed by atoms with Crippen LogP contribution in [-0.2, 0) is 6.42 Å². The van der Waals surface area contributed by atoms with Crippen LogP contribution in [0.3, 0.4) is 0 Å². The van der Waals surface area contributed by atoms with Crippen LogP contribution in [0.15, 0.2) is 29.4 Å². The Bertz CT molecular complexity index is 440. The molecule has 2 amide bonds. The topological polar surface area (TPSA) is 83.6 Å². The minimum absolute atomic E-state index is 0.313. The Hall–Kier alpha value is -2.11. The van der Waals surface area contributed by atoms with E-state index in [1.54, 1.807) is 6.20 Å². The smallest absolute Gasteiger partial charge is 0.344 e. The molecule has 6 heteroatoms. The molecule has 1 fully saturated rings. The molecule has 0 saturated carbocycles. The van der Waals surface area contributed by atoms with Gasteiger partial charge >= 0.3 is 6.03 Å². The molecular formula is C13H19N5O. The van der Waals surface area contributed by atoms with Crippen molar-refractivity contribution in [3.63, 3.8) is 0 Å². The van der Waals surface area contributed by atoms with Crippen LogP contribution in [0, 0.1) is 0 Å². The Morgan fingerprint density at radius 3 is 2.89 bits per heavy atom. The molecule has 2 rings (SSSR count). The average molecular weight is 261 g/mol. The second kappa shape index (κ2) is 6.72. The highest BCUT2D eigenvalue weighted by Crippen LogP contribution is 2.06. The number of hydrogen-bond donors (Lipinski definition) is 2. The molecule has 0 spiro atoms. The largest absolute Gasteiger partial charge is 0.369 e. The quantitative estimate of drug-likeness (QED) is 0.621. The van der Waals surface area contributed by atoms with Crippen molar-refractivity contribution in [2.24, 2.45) is 10.7 Å². The van der Waals surface area contributed by atoms with Gasteiger partial charge < -0.3 is 16.0 Å². The molecule has 1 aliphatic heterocycles. The molecular weight excluding hydrogens is 242 g/mol. The van der Waals surface area contributed by atoms with Gasteiger partial charge in [-0.05, 0) is 25.0 Å². The van der Waals surface area contributed by atoms with Gasteiger partial charge in [-0.1, -0.05) is 6.07 Å².